The van der Waals surface area contributed by atoms with E-state index in [4.69, 9.17) is 14.6 Å². The number of nitrogens with one attached hydrogen (secondary N) is 2. The first-order chi connectivity index (χ1) is 12.3. The summed E-state index contributed by atoms with van der Waals surface area (Å²) in [6.45, 7) is 6.34. The third kappa shape index (κ3) is 5.39. The lowest BCUT2D eigenvalue weighted by molar-refractivity contribution is 0.202. The molecule has 3 N–H and O–H groups in total. The standard InChI is InChI=1S/C20H26N2O4/c1-20(2,3)14-5-10-18(26-12-11-23)17(13-14)22-19(24)21-15-6-8-16(25-4)9-7-15/h5-10,13,23H,11-12H2,1-4H3,(H2,21,22,24). The quantitative estimate of drug-likeness (QED) is 0.729. The summed E-state index contributed by atoms with van der Waals surface area (Å²) < 4.78 is 10.6. The van der Waals surface area contributed by atoms with Crippen molar-refractivity contribution in [3.63, 3.8) is 0 Å². The molecule has 0 radical (unpaired) electrons. The maximum Gasteiger partial charge on any atom is 0.323 e. The zero-order valence-electron chi connectivity index (χ0n) is 15.6. The third-order valence-corrected chi connectivity index (χ3v) is 3.79. The van der Waals surface area contributed by atoms with E-state index >= 15 is 0 Å². The van der Waals surface area contributed by atoms with Gasteiger partial charge in [0, 0.05) is 5.69 Å². The van der Waals surface area contributed by atoms with Gasteiger partial charge in [0.15, 0.2) is 0 Å². The molecule has 6 nitrogen and oxygen atoms in total. The van der Waals surface area contributed by atoms with Gasteiger partial charge in [0.25, 0.3) is 0 Å². The smallest absolute Gasteiger partial charge is 0.323 e. The van der Waals surface area contributed by atoms with Crippen LogP contribution in [0.1, 0.15) is 26.3 Å². The molecule has 2 amide bonds. The lowest BCUT2D eigenvalue weighted by Crippen LogP contribution is -2.21. The van der Waals surface area contributed by atoms with Crippen molar-refractivity contribution in [3.05, 3.63) is 48.0 Å². The Balaban J connectivity index is 2.17. The second kappa shape index (κ2) is 8.58. The molecule has 0 unspecified atom stereocenters. The van der Waals surface area contributed by atoms with Crippen molar-refractivity contribution in [2.24, 2.45) is 0 Å². The predicted molar refractivity (Wildman–Crippen MR) is 103 cm³/mol. The molecule has 0 atom stereocenters. The topological polar surface area (TPSA) is 79.8 Å². The summed E-state index contributed by atoms with van der Waals surface area (Å²) in [5.74, 6) is 1.23. The monoisotopic (exact) mass is 358 g/mol. The van der Waals surface area contributed by atoms with Crippen molar-refractivity contribution in [1.82, 2.24) is 0 Å². The number of amides is 2. The average Bonchev–Trinajstić information content (AvgIpc) is 2.60. The van der Waals surface area contributed by atoms with Gasteiger partial charge in [-0.05, 0) is 47.4 Å². The third-order valence-electron chi connectivity index (χ3n) is 3.79. The van der Waals surface area contributed by atoms with E-state index in [0.717, 1.165) is 5.56 Å². The second-order valence-electron chi connectivity index (χ2n) is 6.84. The Morgan fingerprint density at radius 1 is 1.08 bits per heavy atom. The van der Waals surface area contributed by atoms with E-state index in [1.54, 1.807) is 37.4 Å². The molecule has 6 heteroatoms. The predicted octanol–water partition coefficient (Wildman–Crippen LogP) is 4.01. The van der Waals surface area contributed by atoms with Crippen molar-refractivity contribution >= 4 is 17.4 Å². The van der Waals surface area contributed by atoms with Crippen molar-refractivity contribution in [2.75, 3.05) is 31.0 Å². The zero-order valence-corrected chi connectivity index (χ0v) is 15.6. The summed E-state index contributed by atoms with van der Waals surface area (Å²) in [6.07, 6.45) is 0. The van der Waals surface area contributed by atoms with E-state index in [9.17, 15) is 4.79 Å². The Bertz CT molecular complexity index is 736. The van der Waals surface area contributed by atoms with Gasteiger partial charge in [0.1, 0.15) is 18.1 Å². The molecule has 26 heavy (non-hydrogen) atoms. The molecule has 2 rings (SSSR count). The van der Waals surface area contributed by atoms with Gasteiger partial charge in [0.2, 0.25) is 0 Å². The fourth-order valence-corrected chi connectivity index (χ4v) is 2.33. The molecule has 0 saturated carbocycles. The lowest BCUT2D eigenvalue weighted by atomic mass is 9.87. The summed E-state index contributed by atoms with van der Waals surface area (Å²) in [4.78, 5) is 12.4. The van der Waals surface area contributed by atoms with Crippen molar-refractivity contribution in [2.45, 2.75) is 26.2 Å². The number of methoxy groups -OCH3 is 1. The number of hydrogen-bond acceptors (Lipinski definition) is 4. The van der Waals surface area contributed by atoms with Gasteiger partial charge in [-0.1, -0.05) is 26.8 Å². The molecule has 2 aromatic carbocycles. The van der Waals surface area contributed by atoms with Crippen LogP contribution in [0.3, 0.4) is 0 Å². The van der Waals surface area contributed by atoms with E-state index in [1.165, 1.54) is 0 Å². The van der Waals surface area contributed by atoms with Crippen LogP contribution in [-0.4, -0.2) is 31.5 Å². The van der Waals surface area contributed by atoms with E-state index in [2.05, 4.69) is 31.4 Å². The maximum absolute atomic E-state index is 12.4. The molecule has 0 bridgehead atoms. The number of rotatable bonds is 6. The molecule has 0 heterocycles. The van der Waals surface area contributed by atoms with Crippen LogP contribution >= 0.6 is 0 Å². The molecule has 140 valence electrons. The van der Waals surface area contributed by atoms with Crippen molar-refractivity contribution in [1.29, 1.82) is 0 Å². The first-order valence-electron chi connectivity index (χ1n) is 8.43. The van der Waals surface area contributed by atoms with Gasteiger partial charge in [-0.2, -0.15) is 0 Å². The van der Waals surface area contributed by atoms with E-state index < -0.39 is 0 Å². The molecule has 0 aromatic heterocycles. The fourth-order valence-electron chi connectivity index (χ4n) is 2.33. The zero-order chi connectivity index (χ0) is 19.2. The molecular weight excluding hydrogens is 332 g/mol. The number of ether oxygens (including phenoxy) is 2. The molecular formula is C20H26N2O4. The Hall–Kier alpha value is -2.73. The van der Waals surface area contributed by atoms with Crippen LogP contribution in [0.25, 0.3) is 0 Å². The molecule has 0 fully saturated rings. The van der Waals surface area contributed by atoms with Gasteiger partial charge in [-0.3, -0.25) is 0 Å². The van der Waals surface area contributed by atoms with Crippen molar-refractivity contribution in [3.8, 4) is 11.5 Å². The number of hydrogen-bond donors (Lipinski definition) is 3. The van der Waals surface area contributed by atoms with Gasteiger partial charge in [0.05, 0.1) is 19.4 Å². The largest absolute Gasteiger partial charge is 0.497 e. The molecule has 0 aliphatic carbocycles. The number of carbonyl (C=O) groups excluding carboxylic acids is 1. The number of benzene rings is 2. The van der Waals surface area contributed by atoms with Gasteiger partial charge in [-0.15, -0.1) is 0 Å². The maximum atomic E-state index is 12.4. The van der Waals surface area contributed by atoms with Crippen LogP contribution < -0.4 is 20.1 Å². The molecule has 0 aliphatic rings. The first kappa shape index (κ1) is 19.6. The van der Waals surface area contributed by atoms with Crippen LogP contribution in [0.5, 0.6) is 11.5 Å². The lowest BCUT2D eigenvalue weighted by Gasteiger charge is -2.21. The SMILES string of the molecule is COc1ccc(NC(=O)Nc2cc(C(C)(C)C)ccc2OCCO)cc1. The highest BCUT2D eigenvalue weighted by molar-refractivity contribution is 6.00. The van der Waals surface area contributed by atoms with Gasteiger partial charge in [-0.25, -0.2) is 4.79 Å². The van der Waals surface area contributed by atoms with Crippen molar-refractivity contribution < 1.29 is 19.4 Å². The highest BCUT2D eigenvalue weighted by atomic mass is 16.5. The number of aliphatic hydroxyl groups excluding tert-OH is 1. The highest BCUT2D eigenvalue weighted by Gasteiger charge is 2.17. The summed E-state index contributed by atoms with van der Waals surface area (Å²) in [7, 11) is 1.59. The summed E-state index contributed by atoms with van der Waals surface area (Å²) >= 11 is 0. The van der Waals surface area contributed by atoms with E-state index in [0.29, 0.717) is 22.9 Å². The molecule has 0 saturated heterocycles. The number of anilines is 2. The normalized spacial score (nSPS) is 11.0. The minimum atomic E-state index is -0.380. The second-order valence-corrected chi connectivity index (χ2v) is 6.84. The molecule has 0 spiro atoms. The Labute approximate surface area is 154 Å². The van der Waals surface area contributed by atoms with Gasteiger partial charge >= 0.3 is 6.03 Å². The Morgan fingerprint density at radius 2 is 1.77 bits per heavy atom. The number of carbonyl (C=O) groups is 1. The average molecular weight is 358 g/mol. The number of urea groups is 1. The van der Waals surface area contributed by atoms with Crippen LogP contribution in [-0.2, 0) is 5.41 Å². The van der Waals surface area contributed by atoms with Crippen LogP contribution in [0.2, 0.25) is 0 Å². The summed E-state index contributed by atoms with van der Waals surface area (Å²) in [6, 6.07) is 12.3. The fraction of sp³-hybridized carbons (Fsp3) is 0.350. The minimum absolute atomic E-state index is 0.0710. The molecule has 0 aliphatic heterocycles. The van der Waals surface area contributed by atoms with Crippen LogP contribution in [0.15, 0.2) is 42.5 Å². The van der Waals surface area contributed by atoms with Crippen LogP contribution in [0, 0.1) is 0 Å². The summed E-state index contributed by atoms with van der Waals surface area (Å²) in [5.41, 5.74) is 2.19. The Kier molecular flexibility index (Phi) is 6.46. The Morgan fingerprint density at radius 3 is 2.35 bits per heavy atom. The van der Waals surface area contributed by atoms with Gasteiger partial charge < -0.3 is 25.2 Å². The summed E-state index contributed by atoms with van der Waals surface area (Å²) in [5, 5.41) is 14.6. The van der Waals surface area contributed by atoms with Crippen LogP contribution in [0.4, 0.5) is 16.2 Å². The van der Waals surface area contributed by atoms with E-state index in [1.807, 2.05) is 12.1 Å². The van der Waals surface area contributed by atoms with E-state index in [-0.39, 0.29) is 24.7 Å². The molecule has 2 aromatic rings. The highest BCUT2D eigenvalue weighted by Crippen LogP contribution is 2.31. The first-order valence-corrected chi connectivity index (χ1v) is 8.43. The number of aliphatic hydroxyl groups is 1. The minimum Gasteiger partial charge on any atom is -0.497 e.